The number of hydrogen-bond acceptors (Lipinski definition) is 20. The molecule has 8 atom stereocenters. The van der Waals surface area contributed by atoms with Crippen LogP contribution >= 0.6 is 0 Å². The molecule has 24 nitrogen and oxygen atoms in total. The standard InChI is InChI=1S/4C10H15N3O3S.3CH4/c4*1-7-5-12-10(13-6-7)9-8(17(11,14)15)3-2-4-16-9;;;/h4*5-6,8-9H,2-4H2,1H3,(H2,11,14,15);3*1H4/t2*8-,9+;2*8-,9-;;;/m1010.../s1. The van der Waals surface area contributed by atoms with E-state index in [9.17, 15) is 33.7 Å². The van der Waals surface area contributed by atoms with Crippen LogP contribution in [0.25, 0.3) is 0 Å². The Hall–Kier alpha value is -4.20. The van der Waals surface area contributed by atoms with Crippen molar-refractivity contribution in [2.45, 2.75) is 147 Å². The van der Waals surface area contributed by atoms with Crippen LogP contribution in [0.5, 0.6) is 0 Å². The largest absolute Gasteiger partial charge is 0.369 e. The van der Waals surface area contributed by atoms with Crippen molar-refractivity contribution in [3.05, 3.63) is 95.1 Å². The molecular formula is C43H72N12O12S4. The summed E-state index contributed by atoms with van der Waals surface area (Å²) in [5.41, 5.74) is 3.65. The quantitative estimate of drug-likeness (QED) is 0.197. The molecule has 0 spiro atoms. The van der Waals surface area contributed by atoms with Gasteiger partial charge < -0.3 is 18.9 Å². The average Bonchev–Trinajstić information content (AvgIpc) is 3.30. The van der Waals surface area contributed by atoms with Crippen LogP contribution in [-0.4, -0.2) is 121 Å². The van der Waals surface area contributed by atoms with E-state index in [1.165, 1.54) is 0 Å². The van der Waals surface area contributed by atoms with E-state index in [0.717, 1.165) is 22.3 Å². The Morgan fingerprint density at radius 3 is 0.648 bits per heavy atom. The Morgan fingerprint density at radius 2 is 0.507 bits per heavy atom. The molecule has 0 bridgehead atoms. The molecule has 0 saturated carbocycles. The lowest BCUT2D eigenvalue weighted by molar-refractivity contribution is 0.0124. The van der Waals surface area contributed by atoms with Gasteiger partial charge in [-0.25, -0.2) is 94.1 Å². The van der Waals surface area contributed by atoms with Gasteiger partial charge >= 0.3 is 0 Å². The molecular weight excluding hydrogens is 1000 g/mol. The topological polar surface area (TPSA) is 381 Å². The second-order valence-corrected chi connectivity index (χ2v) is 23.9. The Bertz CT molecular complexity index is 2320. The second-order valence-electron chi connectivity index (χ2n) is 16.7. The van der Waals surface area contributed by atoms with E-state index < -0.39 is 85.5 Å². The molecule has 4 aromatic heterocycles. The van der Waals surface area contributed by atoms with E-state index in [4.69, 9.17) is 39.5 Å². The summed E-state index contributed by atoms with van der Waals surface area (Å²) in [5.74, 6) is 1.53. The van der Waals surface area contributed by atoms with Gasteiger partial charge in [0.05, 0.1) is 0 Å². The zero-order valence-electron chi connectivity index (χ0n) is 38.1. The number of hydrogen-bond donors (Lipinski definition) is 4. The highest BCUT2D eigenvalue weighted by molar-refractivity contribution is 7.90. The fourth-order valence-corrected chi connectivity index (χ4v) is 11.7. The Labute approximate surface area is 419 Å². The molecule has 4 fully saturated rings. The van der Waals surface area contributed by atoms with Crippen LogP contribution < -0.4 is 20.6 Å². The monoisotopic (exact) mass is 1080 g/mol. The molecule has 4 aromatic rings. The predicted molar refractivity (Wildman–Crippen MR) is 267 cm³/mol. The van der Waals surface area contributed by atoms with Crippen molar-refractivity contribution in [2.24, 2.45) is 20.6 Å². The van der Waals surface area contributed by atoms with E-state index in [1.54, 1.807) is 49.6 Å². The van der Waals surface area contributed by atoms with Gasteiger partial charge in [0, 0.05) is 76.0 Å². The molecule has 8 N–H and O–H groups in total. The molecule has 4 aliphatic rings. The van der Waals surface area contributed by atoms with Crippen LogP contribution in [0.4, 0.5) is 0 Å². The van der Waals surface area contributed by atoms with Gasteiger partial charge in [0.1, 0.15) is 45.4 Å². The molecule has 28 heteroatoms. The van der Waals surface area contributed by atoms with Crippen molar-refractivity contribution in [1.29, 1.82) is 0 Å². The summed E-state index contributed by atoms with van der Waals surface area (Å²) in [6, 6.07) is 0. The van der Waals surface area contributed by atoms with Crippen molar-refractivity contribution in [3.63, 3.8) is 0 Å². The van der Waals surface area contributed by atoms with Gasteiger partial charge in [-0.2, -0.15) is 0 Å². The van der Waals surface area contributed by atoms with Crippen LogP contribution in [0.1, 0.15) is 144 Å². The SMILES string of the molecule is C.C.C.Cc1cnc([C@@H]2OCCC[C@@H]2S(N)(=O)=O)nc1.Cc1cnc([C@@H]2OCCC[C@H]2S(N)(=O)=O)nc1.Cc1cnc([C@H]2OCCC[C@@H]2S(N)(=O)=O)nc1.Cc1cnc([C@H]2OCCC[C@H]2S(N)(=O)=O)nc1. The zero-order chi connectivity index (χ0) is 49.9. The zero-order valence-corrected chi connectivity index (χ0v) is 41.4. The van der Waals surface area contributed by atoms with E-state index >= 15 is 0 Å². The molecule has 0 radical (unpaired) electrons. The number of primary sulfonamides is 4. The summed E-state index contributed by atoms with van der Waals surface area (Å²) in [5, 5.41) is 17.8. The lowest BCUT2D eigenvalue weighted by atomic mass is 10.1. The van der Waals surface area contributed by atoms with E-state index in [1.807, 2.05) is 27.7 Å². The van der Waals surface area contributed by atoms with Crippen molar-refractivity contribution < 1.29 is 52.6 Å². The van der Waals surface area contributed by atoms with E-state index in [2.05, 4.69) is 39.9 Å². The first-order chi connectivity index (χ1) is 31.9. The van der Waals surface area contributed by atoms with Crippen molar-refractivity contribution in [1.82, 2.24) is 39.9 Å². The maximum absolute atomic E-state index is 11.5. The lowest BCUT2D eigenvalue weighted by Gasteiger charge is -2.28. The molecule has 71 heavy (non-hydrogen) atoms. The first kappa shape index (κ1) is 62.9. The maximum atomic E-state index is 11.5. The normalized spacial score (nSPS) is 24.7. The molecule has 4 aliphatic heterocycles. The van der Waals surface area contributed by atoms with E-state index in [-0.39, 0.29) is 22.3 Å². The van der Waals surface area contributed by atoms with Crippen LogP contribution in [0.3, 0.4) is 0 Å². The van der Waals surface area contributed by atoms with Crippen LogP contribution in [0.2, 0.25) is 0 Å². The van der Waals surface area contributed by atoms with Gasteiger partial charge in [0.2, 0.25) is 40.1 Å². The maximum Gasteiger partial charge on any atom is 0.215 e. The summed E-state index contributed by atoms with van der Waals surface area (Å²) in [7, 11) is -14.6. The van der Waals surface area contributed by atoms with Crippen molar-refractivity contribution in [3.8, 4) is 0 Å². The lowest BCUT2D eigenvalue weighted by Crippen LogP contribution is -2.39. The van der Waals surface area contributed by atoms with Crippen LogP contribution in [0.15, 0.2) is 49.6 Å². The molecule has 400 valence electrons. The molecule has 0 aromatic carbocycles. The molecule has 0 unspecified atom stereocenters. The summed E-state index contributed by atoms with van der Waals surface area (Å²) in [6.45, 7) is 9.49. The number of nitrogens with zero attached hydrogens (tertiary/aromatic N) is 8. The molecule has 0 amide bonds. The first-order valence-electron chi connectivity index (χ1n) is 21.6. The number of aromatic nitrogens is 8. The number of rotatable bonds is 8. The Kier molecular flexibility index (Phi) is 24.6. The third-order valence-electron chi connectivity index (χ3n) is 11.0. The fourth-order valence-electron chi connectivity index (χ4n) is 7.52. The van der Waals surface area contributed by atoms with Crippen molar-refractivity contribution >= 4 is 40.1 Å². The number of aryl methyl sites for hydroxylation is 4. The Balaban J connectivity index is 0.000000320. The molecule has 8 rings (SSSR count). The fraction of sp³-hybridized carbons (Fsp3) is 0.628. The summed E-state index contributed by atoms with van der Waals surface area (Å²) in [6.07, 6.45) is 15.2. The molecule has 0 aliphatic carbocycles. The van der Waals surface area contributed by atoms with Crippen molar-refractivity contribution in [2.75, 3.05) is 26.4 Å². The average molecular weight is 1080 g/mol. The predicted octanol–water partition coefficient (Wildman–Crippen LogP) is 3.08. The van der Waals surface area contributed by atoms with Gasteiger partial charge in [-0.3, -0.25) is 0 Å². The number of ether oxygens (including phenoxy) is 4. The third-order valence-corrected chi connectivity index (χ3v) is 16.3. The van der Waals surface area contributed by atoms with Gasteiger partial charge in [-0.05, 0) is 101 Å². The highest BCUT2D eigenvalue weighted by atomic mass is 32.2. The smallest absolute Gasteiger partial charge is 0.215 e. The van der Waals surface area contributed by atoms with Crippen LogP contribution in [0, 0.1) is 27.7 Å². The van der Waals surface area contributed by atoms with Gasteiger partial charge in [-0.1, -0.05) is 22.3 Å². The molecule has 4 saturated heterocycles. The third kappa shape index (κ3) is 18.7. The highest BCUT2D eigenvalue weighted by Crippen LogP contribution is 2.33. The second kappa shape index (κ2) is 27.7. The summed E-state index contributed by atoms with van der Waals surface area (Å²) < 4.78 is 114. The summed E-state index contributed by atoms with van der Waals surface area (Å²) >= 11 is 0. The highest BCUT2D eigenvalue weighted by Gasteiger charge is 2.40. The molecule has 8 heterocycles. The van der Waals surface area contributed by atoms with E-state index in [0.29, 0.717) is 101 Å². The summed E-state index contributed by atoms with van der Waals surface area (Å²) in [4.78, 5) is 32.9. The first-order valence-corrected chi connectivity index (χ1v) is 28.0. The minimum Gasteiger partial charge on any atom is -0.369 e. The minimum atomic E-state index is -3.64. The van der Waals surface area contributed by atoms with Gasteiger partial charge in [-0.15, -0.1) is 0 Å². The minimum absolute atomic E-state index is 0. The van der Waals surface area contributed by atoms with Crippen LogP contribution in [-0.2, 0) is 59.0 Å². The number of nitrogens with two attached hydrogens (primary N) is 4. The number of sulfonamides is 4. The Morgan fingerprint density at radius 1 is 0.352 bits per heavy atom. The van der Waals surface area contributed by atoms with Gasteiger partial charge in [0.15, 0.2) is 23.3 Å². The van der Waals surface area contributed by atoms with Gasteiger partial charge in [0.25, 0.3) is 0 Å².